The highest BCUT2D eigenvalue weighted by molar-refractivity contribution is 7.15. The van der Waals surface area contributed by atoms with Gasteiger partial charge in [0.1, 0.15) is 5.01 Å². The molecule has 0 aromatic carbocycles. The Kier molecular flexibility index (Phi) is 3.60. The summed E-state index contributed by atoms with van der Waals surface area (Å²) < 4.78 is 2.07. The molecule has 0 aliphatic carbocycles. The molecule has 0 aliphatic rings. The summed E-state index contributed by atoms with van der Waals surface area (Å²) in [5.41, 5.74) is 2.09. The third-order valence-corrected chi connectivity index (χ3v) is 4.86. The number of hydrogen-bond acceptors (Lipinski definition) is 5. The van der Waals surface area contributed by atoms with Gasteiger partial charge in [-0.05, 0) is 19.9 Å². The van der Waals surface area contributed by atoms with E-state index in [-0.39, 0.29) is 0 Å². The molecule has 0 saturated heterocycles. The van der Waals surface area contributed by atoms with Crippen LogP contribution in [0.2, 0.25) is 0 Å². The summed E-state index contributed by atoms with van der Waals surface area (Å²) in [6, 6.07) is 1.97. The molecular weight excluding hydrogens is 306 g/mol. The van der Waals surface area contributed by atoms with E-state index in [2.05, 4.69) is 28.4 Å². The number of carboxylic acid groups (broad SMARTS) is 1. The van der Waals surface area contributed by atoms with Crippen molar-refractivity contribution in [3.05, 3.63) is 34.9 Å². The van der Waals surface area contributed by atoms with Crippen molar-refractivity contribution in [3.63, 3.8) is 0 Å². The van der Waals surface area contributed by atoms with Crippen LogP contribution in [0.4, 0.5) is 0 Å². The van der Waals surface area contributed by atoms with Crippen LogP contribution in [0.5, 0.6) is 0 Å². The van der Waals surface area contributed by atoms with Crippen molar-refractivity contribution in [2.75, 3.05) is 0 Å². The van der Waals surface area contributed by atoms with E-state index in [1.54, 1.807) is 24.0 Å². The van der Waals surface area contributed by atoms with E-state index >= 15 is 0 Å². The highest BCUT2D eigenvalue weighted by atomic mass is 32.1. The van der Waals surface area contributed by atoms with Crippen LogP contribution in [-0.2, 0) is 0 Å². The molecule has 0 unspecified atom stereocenters. The summed E-state index contributed by atoms with van der Waals surface area (Å²) >= 11 is 2.93. The average molecular weight is 319 g/mol. The van der Waals surface area contributed by atoms with Crippen LogP contribution in [0.1, 0.15) is 30.2 Å². The van der Waals surface area contributed by atoms with Gasteiger partial charge < -0.3 is 9.67 Å². The number of thiophene rings is 1. The second-order valence-corrected chi connectivity index (χ2v) is 6.59. The Balaban J connectivity index is 1.96. The van der Waals surface area contributed by atoms with Gasteiger partial charge in [0.2, 0.25) is 0 Å². The molecule has 21 heavy (non-hydrogen) atoms. The molecule has 5 nitrogen and oxygen atoms in total. The number of aromatic carboxylic acids is 1. The van der Waals surface area contributed by atoms with Gasteiger partial charge in [0.25, 0.3) is 0 Å². The second-order valence-electron chi connectivity index (χ2n) is 4.82. The van der Waals surface area contributed by atoms with Crippen LogP contribution in [0, 0.1) is 0 Å². The lowest BCUT2D eigenvalue weighted by molar-refractivity contribution is 0.0697. The van der Waals surface area contributed by atoms with Crippen molar-refractivity contribution in [1.82, 2.24) is 14.5 Å². The minimum atomic E-state index is -0.911. The topological polar surface area (TPSA) is 68.0 Å². The fourth-order valence-corrected chi connectivity index (χ4v) is 3.72. The minimum Gasteiger partial charge on any atom is -0.478 e. The van der Waals surface area contributed by atoms with Crippen LogP contribution in [0.25, 0.3) is 21.3 Å². The SMILES string of the molecule is CC(C)n1cncc1-c1nc(-c2cc(C(=O)O)cs2)cs1. The number of aromatic nitrogens is 3. The van der Waals surface area contributed by atoms with Crippen LogP contribution >= 0.6 is 22.7 Å². The van der Waals surface area contributed by atoms with Crippen molar-refractivity contribution in [2.45, 2.75) is 19.9 Å². The Morgan fingerprint density at radius 3 is 2.81 bits per heavy atom. The van der Waals surface area contributed by atoms with Gasteiger partial charge in [-0.3, -0.25) is 0 Å². The monoisotopic (exact) mass is 319 g/mol. The average Bonchev–Trinajstić information content (AvgIpc) is 3.17. The van der Waals surface area contributed by atoms with E-state index in [1.807, 2.05) is 5.38 Å². The summed E-state index contributed by atoms with van der Waals surface area (Å²) in [4.78, 5) is 20.6. The van der Waals surface area contributed by atoms with Gasteiger partial charge in [-0.25, -0.2) is 14.8 Å². The Hall–Kier alpha value is -1.99. The summed E-state index contributed by atoms with van der Waals surface area (Å²) in [5.74, 6) is -0.911. The fraction of sp³-hybridized carbons (Fsp3) is 0.214. The highest BCUT2D eigenvalue weighted by Gasteiger charge is 2.14. The summed E-state index contributed by atoms with van der Waals surface area (Å²) in [5, 5.41) is 13.4. The number of rotatable bonds is 4. The summed E-state index contributed by atoms with van der Waals surface area (Å²) in [6.07, 6.45) is 3.61. The van der Waals surface area contributed by atoms with Crippen LogP contribution < -0.4 is 0 Å². The second kappa shape index (κ2) is 5.42. The molecule has 0 amide bonds. The first kappa shape index (κ1) is 14.0. The van der Waals surface area contributed by atoms with Gasteiger partial charge in [-0.1, -0.05) is 0 Å². The molecule has 0 saturated carbocycles. The van der Waals surface area contributed by atoms with Gasteiger partial charge in [0, 0.05) is 16.8 Å². The molecule has 1 N–H and O–H groups in total. The summed E-state index contributed by atoms with van der Waals surface area (Å²) in [7, 11) is 0. The molecule has 0 aliphatic heterocycles. The largest absolute Gasteiger partial charge is 0.478 e. The molecule has 3 rings (SSSR count). The van der Waals surface area contributed by atoms with E-state index < -0.39 is 5.97 Å². The lowest BCUT2D eigenvalue weighted by Crippen LogP contribution is -2.00. The third-order valence-electron chi connectivity index (χ3n) is 3.04. The zero-order valence-electron chi connectivity index (χ0n) is 11.5. The summed E-state index contributed by atoms with van der Waals surface area (Å²) in [6.45, 7) is 4.19. The van der Waals surface area contributed by atoms with Gasteiger partial charge in [-0.15, -0.1) is 22.7 Å². The van der Waals surface area contributed by atoms with E-state index in [9.17, 15) is 4.79 Å². The van der Waals surface area contributed by atoms with Gasteiger partial charge in [0.05, 0.1) is 34.4 Å². The molecule has 3 aromatic heterocycles. The molecule has 7 heteroatoms. The molecule has 3 aromatic rings. The molecule has 0 bridgehead atoms. The van der Waals surface area contributed by atoms with Crippen molar-refractivity contribution in [1.29, 1.82) is 0 Å². The van der Waals surface area contributed by atoms with E-state index in [0.29, 0.717) is 11.6 Å². The predicted molar refractivity (Wildman–Crippen MR) is 84.0 cm³/mol. The van der Waals surface area contributed by atoms with Crippen LogP contribution in [0.3, 0.4) is 0 Å². The van der Waals surface area contributed by atoms with Crippen LogP contribution in [-0.4, -0.2) is 25.6 Å². The lowest BCUT2D eigenvalue weighted by Gasteiger charge is -2.09. The zero-order chi connectivity index (χ0) is 15.0. The molecule has 108 valence electrons. The van der Waals surface area contributed by atoms with E-state index in [0.717, 1.165) is 21.3 Å². The molecule has 0 fully saturated rings. The van der Waals surface area contributed by atoms with Crippen molar-refractivity contribution in [3.8, 4) is 21.3 Å². The standard InChI is InChI=1S/C14H13N3O2S2/c1-8(2)17-7-15-4-11(17)13-16-10(6-21-13)12-3-9(5-20-12)14(18)19/h3-8H,1-2H3,(H,18,19). The number of hydrogen-bond donors (Lipinski definition) is 1. The molecule has 0 spiro atoms. The smallest absolute Gasteiger partial charge is 0.336 e. The predicted octanol–water partition coefficient (Wildman–Crippen LogP) is 4.01. The quantitative estimate of drug-likeness (QED) is 0.789. The maximum Gasteiger partial charge on any atom is 0.336 e. The number of carbonyl (C=O) groups is 1. The maximum atomic E-state index is 10.9. The van der Waals surface area contributed by atoms with Gasteiger partial charge in [-0.2, -0.15) is 0 Å². The Morgan fingerprint density at radius 1 is 1.33 bits per heavy atom. The fourth-order valence-electron chi connectivity index (χ4n) is 1.97. The lowest BCUT2D eigenvalue weighted by atomic mass is 10.3. The van der Waals surface area contributed by atoms with E-state index in [4.69, 9.17) is 5.11 Å². The van der Waals surface area contributed by atoms with Crippen molar-refractivity contribution in [2.24, 2.45) is 0 Å². The zero-order valence-corrected chi connectivity index (χ0v) is 13.1. The first-order chi connectivity index (χ1) is 10.1. The molecule has 3 heterocycles. The van der Waals surface area contributed by atoms with Crippen molar-refractivity contribution < 1.29 is 9.90 Å². The Morgan fingerprint density at radius 2 is 2.14 bits per heavy atom. The van der Waals surface area contributed by atoms with E-state index in [1.165, 1.54) is 22.7 Å². The normalized spacial score (nSPS) is 11.2. The first-order valence-corrected chi connectivity index (χ1v) is 8.12. The highest BCUT2D eigenvalue weighted by Crippen LogP contribution is 2.33. The maximum absolute atomic E-state index is 10.9. The number of thiazole rings is 1. The van der Waals surface area contributed by atoms with Crippen molar-refractivity contribution >= 4 is 28.6 Å². The first-order valence-electron chi connectivity index (χ1n) is 6.36. The number of imidazole rings is 1. The third kappa shape index (κ3) is 2.62. The minimum absolute atomic E-state index is 0.303. The van der Waals surface area contributed by atoms with Crippen LogP contribution in [0.15, 0.2) is 29.4 Å². The Bertz CT molecular complexity index is 786. The number of carboxylic acids is 1. The Labute approximate surface area is 129 Å². The molecule has 0 atom stereocenters. The molecular formula is C14H13N3O2S2. The van der Waals surface area contributed by atoms with Gasteiger partial charge in [0.15, 0.2) is 0 Å². The van der Waals surface area contributed by atoms with Gasteiger partial charge >= 0.3 is 5.97 Å². The number of nitrogens with zero attached hydrogens (tertiary/aromatic N) is 3. The molecule has 0 radical (unpaired) electrons.